The van der Waals surface area contributed by atoms with Crippen molar-refractivity contribution in [3.63, 3.8) is 0 Å². The van der Waals surface area contributed by atoms with Gasteiger partial charge in [0.2, 0.25) is 0 Å². The zero-order valence-electron chi connectivity index (χ0n) is 16.5. The summed E-state index contributed by atoms with van der Waals surface area (Å²) in [5, 5.41) is 0. The summed E-state index contributed by atoms with van der Waals surface area (Å²) in [6.07, 6.45) is 4.42. The van der Waals surface area contributed by atoms with Crippen LogP contribution in [0.25, 0.3) is 11.1 Å². The van der Waals surface area contributed by atoms with E-state index in [1.54, 1.807) is 19.4 Å². The average Bonchev–Trinajstić information content (AvgIpc) is 2.80. The lowest BCUT2D eigenvalue weighted by Gasteiger charge is -2.36. The number of aromatic nitrogens is 2. The van der Waals surface area contributed by atoms with Crippen LogP contribution in [0.15, 0.2) is 67.1 Å². The lowest BCUT2D eigenvalue weighted by molar-refractivity contribution is 0.184. The maximum Gasteiger partial charge on any atom is 0.138 e. The van der Waals surface area contributed by atoms with Gasteiger partial charge >= 0.3 is 0 Å². The molecule has 0 saturated carbocycles. The van der Waals surface area contributed by atoms with Gasteiger partial charge in [0.1, 0.15) is 17.7 Å². The van der Waals surface area contributed by atoms with Crippen LogP contribution in [0.3, 0.4) is 0 Å². The van der Waals surface area contributed by atoms with Gasteiger partial charge in [-0.3, -0.25) is 9.88 Å². The first-order valence-electron chi connectivity index (χ1n) is 9.85. The first-order valence-corrected chi connectivity index (χ1v) is 9.85. The van der Waals surface area contributed by atoms with Crippen LogP contribution in [-0.2, 0) is 0 Å². The SMILES string of the molecule is COc1cccc(C(F)CN2CCN(c3ncccc3-c3cccnc3)CC2)c1. The van der Waals surface area contributed by atoms with E-state index in [4.69, 9.17) is 4.74 Å². The highest BCUT2D eigenvalue weighted by Gasteiger charge is 2.23. The molecule has 3 heterocycles. The fourth-order valence-electron chi connectivity index (χ4n) is 3.71. The predicted molar refractivity (Wildman–Crippen MR) is 113 cm³/mol. The molecule has 3 aromatic rings. The van der Waals surface area contributed by atoms with Crippen molar-refractivity contribution in [2.24, 2.45) is 0 Å². The van der Waals surface area contributed by atoms with Crippen molar-refractivity contribution in [1.82, 2.24) is 14.9 Å². The fourth-order valence-corrected chi connectivity index (χ4v) is 3.71. The summed E-state index contributed by atoms with van der Waals surface area (Å²) < 4.78 is 20.0. The van der Waals surface area contributed by atoms with E-state index in [2.05, 4.69) is 25.8 Å². The molecule has 0 amide bonds. The summed E-state index contributed by atoms with van der Waals surface area (Å²) in [7, 11) is 1.60. The summed E-state index contributed by atoms with van der Waals surface area (Å²) >= 11 is 0. The largest absolute Gasteiger partial charge is 0.497 e. The molecule has 1 unspecified atom stereocenters. The summed E-state index contributed by atoms with van der Waals surface area (Å²) in [4.78, 5) is 13.3. The van der Waals surface area contributed by atoms with Gasteiger partial charge in [-0.2, -0.15) is 0 Å². The molecule has 0 radical (unpaired) electrons. The van der Waals surface area contributed by atoms with Crippen molar-refractivity contribution in [3.05, 3.63) is 72.7 Å². The molecule has 1 saturated heterocycles. The maximum absolute atomic E-state index is 14.8. The van der Waals surface area contributed by atoms with Crippen molar-refractivity contribution in [2.75, 3.05) is 44.7 Å². The van der Waals surface area contributed by atoms with Gasteiger partial charge in [-0.25, -0.2) is 9.37 Å². The Morgan fingerprint density at radius 3 is 2.62 bits per heavy atom. The molecule has 5 nitrogen and oxygen atoms in total. The number of hydrogen-bond donors (Lipinski definition) is 0. The number of nitrogens with zero attached hydrogens (tertiary/aromatic N) is 4. The number of benzene rings is 1. The van der Waals surface area contributed by atoms with E-state index < -0.39 is 6.17 Å². The third kappa shape index (κ3) is 4.54. The van der Waals surface area contributed by atoms with Gasteiger partial charge in [0, 0.05) is 62.4 Å². The average molecular weight is 392 g/mol. The Balaban J connectivity index is 1.40. The van der Waals surface area contributed by atoms with Crippen molar-refractivity contribution < 1.29 is 9.13 Å². The Morgan fingerprint density at radius 2 is 1.86 bits per heavy atom. The van der Waals surface area contributed by atoms with Crippen molar-refractivity contribution >= 4 is 5.82 Å². The Bertz CT molecular complexity index is 929. The van der Waals surface area contributed by atoms with Crippen LogP contribution < -0.4 is 9.64 Å². The van der Waals surface area contributed by atoms with Gasteiger partial charge in [-0.1, -0.05) is 18.2 Å². The Kier molecular flexibility index (Phi) is 6.00. The Hall–Kier alpha value is -2.99. The minimum absolute atomic E-state index is 0.388. The summed E-state index contributed by atoms with van der Waals surface area (Å²) in [5.41, 5.74) is 2.80. The molecule has 29 heavy (non-hydrogen) atoms. The van der Waals surface area contributed by atoms with E-state index in [9.17, 15) is 4.39 Å². The van der Waals surface area contributed by atoms with E-state index in [0.29, 0.717) is 17.9 Å². The van der Waals surface area contributed by atoms with Crippen LogP contribution in [0.2, 0.25) is 0 Å². The molecule has 0 aliphatic carbocycles. The predicted octanol–water partition coefficient (Wildman–Crippen LogP) is 3.99. The molecular weight excluding hydrogens is 367 g/mol. The second-order valence-electron chi connectivity index (χ2n) is 7.15. The number of hydrogen-bond acceptors (Lipinski definition) is 5. The molecule has 6 heteroatoms. The molecule has 2 aromatic heterocycles. The highest BCUT2D eigenvalue weighted by atomic mass is 19.1. The van der Waals surface area contributed by atoms with Gasteiger partial charge in [-0.15, -0.1) is 0 Å². The number of methoxy groups -OCH3 is 1. The van der Waals surface area contributed by atoms with E-state index in [1.165, 1.54) is 0 Å². The molecule has 1 aliphatic rings. The number of alkyl halides is 1. The van der Waals surface area contributed by atoms with Gasteiger partial charge in [0.05, 0.1) is 7.11 Å². The van der Waals surface area contributed by atoms with E-state index in [1.807, 2.05) is 48.8 Å². The van der Waals surface area contributed by atoms with Crippen LogP contribution in [0.4, 0.5) is 10.2 Å². The second kappa shape index (κ2) is 9.01. The van der Waals surface area contributed by atoms with Gasteiger partial charge in [0.15, 0.2) is 0 Å². The summed E-state index contributed by atoms with van der Waals surface area (Å²) in [6.45, 7) is 3.61. The molecule has 0 N–H and O–H groups in total. The lowest BCUT2D eigenvalue weighted by Crippen LogP contribution is -2.47. The Morgan fingerprint density at radius 1 is 1.03 bits per heavy atom. The van der Waals surface area contributed by atoms with Crippen molar-refractivity contribution in [2.45, 2.75) is 6.17 Å². The van der Waals surface area contributed by atoms with Crippen LogP contribution >= 0.6 is 0 Å². The number of anilines is 1. The molecule has 0 spiro atoms. The molecule has 4 rings (SSSR count). The molecule has 1 atom stereocenters. The number of ether oxygens (including phenoxy) is 1. The van der Waals surface area contributed by atoms with E-state index in [-0.39, 0.29) is 0 Å². The van der Waals surface area contributed by atoms with Gasteiger partial charge in [-0.05, 0) is 35.9 Å². The van der Waals surface area contributed by atoms with Crippen molar-refractivity contribution in [1.29, 1.82) is 0 Å². The van der Waals surface area contributed by atoms with Crippen LogP contribution in [-0.4, -0.2) is 54.7 Å². The first-order chi connectivity index (χ1) is 14.2. The van der Waals surface area contributed by atoms with Crippen LogP contribution in [0.1, 0.15) is 11.7 Å². The standard InChI is InChI=1S/C23H25FN4O/c1-29-20-7-2-5-18(15-20)22(24)17-27-11-13-28(14-12-27)23-21(8-4-10-26-23)19-6-3-9-25-16-19/h2-10,15-16,22H,11-14,17H2,1H3. The molecule has 1 aliphatic heterocycles. The Labute approximate surface area is 170 Å². The van der Waals surface area contributed by atoms with Gasteiger partial charge < -0.3 is 9.64 Å². The smallest absolute Gasteiger partial charge is 0.138 e. The summed E-state index contributed by atoms with van der Waals surface area (Å²) in [6, 6.07) is 15.3. The quantitative estimate of drug-likeness (QED) is 0.635. The fraction of sp³-hybridized carbons (Fsp3) is 0.304. The zero-order chi connectivity index (χ0) is 20.1. The maximum atomic E-state index is 14.8. The molecule has 150 valence electrons. The molecule has 1 aromatic carbocycles. The number of halogens is 1. The summed E-state index contributed by atoms with van der Waals surface area (Å²) in [5.74, 6) is 1.65. The van der Waals surface area contributed by atoms with E-state index in [0.717, 1.165) is 43.1 Å². The number of pyridine rings is 2. The minimum atomic E-state index is -1.03. The molecular formula is C23H25FN4O. The van der Waals surface area contributed by atoms with Crippen LogP contribution in [0.5, 0.6) is 5.75 Å². The lowest BCUT2D eigenvalue weighted by atomic mass is 10.1. The van der Waals surface area contributed by atoms with Crippen LogP contribution in [0, 0.1) is 0 Å². The zero-order valence-corrected chi connectivity index (χ0v) is 16.5. The van der Waals surface area contributed by atoms with Gasteiger partial charge in [0.25, 0.3) is 0 Å². The number of rotatable bonds is 6. The first kappa shape index (κ1) is 19.3. The molecule has 0 bridgehead atoms. The number of piperazine rings is 1. The highest BCUT2D eigenvalue weighted by Crippen LogP contribution is 2.29. The molecule has 1 fully saturated rings. The topological polar surface area (TPSA) is 41.5 Å². The third-order valence-corrected chi connectivity index (χ3v) is 5.31. The third-order valence-electron chi connectivity index (χ3n) is 5.31. The minimum Gasteiger partial charge on any atom is -0.497 e. The van der Waals surface area contributed by atoms with E-state index >= 15 is 0 Å². The highest BCUT2D eigenvalue weighted by molar-refractivity contribution is 5.75. The second-order valence-corrected chi connectivity index (χ2v) is 7.15. The normalized spacial score (nSPS) is 15.9. The monoisotopic (exact) mass is 392 g/mol. The van der Waals surface area contributed by atoms with Crippen molar-refractivity contribution in [3.8, 4) is 16.9 Å².